The van der Waals surface area contributed by atoms with Crippen LogP contribution in [0.3, 0.4) is 0 Å². The molecule has 1 unspecified atom stereocenters. The Balaban J connectivity index is 1.57. The number of halogens is 1. The van der Waals surface area contributed by atoms with E-state index in [9.17, 15) is 14.0 Å². The number of fused-ring (bicyclic) bond motifs is 1. The number of amides is 1. The van der Waals surface area contributed by atoms with Crippen LogP contribution in [0.1, 0.15) is 29.6 Å². The molecule has 2 heterocycles. The van der Waals surface area contributed by atoms with Crippen LogP contribution in [0.5, 0.6) is 0 Å². The third kappa shape index (κ3) is 2.33. The van der Waals surface area contributed by atoms with E-state index >= 15 is 0 Å². The number of hydrogen-bond donors (Lipinski definition) is 1. The first-order chi connectivity index (χ1) is 11.5. The Morgan fingerprint density at radius 2 is 2.04 bits per heavy atom. The molecule has 4 rings (SSSR count). The first kappa shape index (κ1) is 15.1. The molecule has 1 aromatic heterocycles. The maximum absolute atomic E-state index is 13.8. The van der Waals surface area contributed by atoms with E-state index in [1.165, 1.54) is 12.1 Å². The van der Waals surface area contributed by atoms with Crippen LogP contribution in [0.25, 0.3) is 10.9 Å². The number of carbonyl (C=O) groups excluding carboxylic acids is 1. The van der Waals surface area contributed by atoms with E-state index in [-0.39, 0.29) is 22.8 Å². The lowest BCUT2D eigenvalue weighted by Gasteiger charge is -2.32. The summed E-state index contributed by atoms with van der Waals surface area (Å²) in [6.45, 7) is 1.01. The molecule has 1 aliphatic heterocycles. The molecule has 1 saturated heterocycles. The summed E-state index contributed by atoms with van der Waals surface area (Å²) in [4.78, 5) is 29.8. The fourth-order valence-corrected chi connectivity index (χ4v) is 3.89. The molecule has 24 heavy (non-hydrogen) atoms. The van der Waals surface area contributed by atoms with E-state index < -0.39 is 11.8 Å². The molecule has 1 atom stereocenters. The molecule has 124 valence electrons. The van der Waals surface area contributed by atoms with Crippen molar-refractivity contribution in [3.8, 4) is 0 Å². The largest absolute Gasteiger partial charge is 0.481 e. The van der Waals surface area contributed by atoms with E-state index in [1.807, 2.05) is 0 Å². The fourth-order valence-electron chi connectivity index (χ4n) is 3.89. The van der Waals surface area contributed by atoms with Crippen molar-refractivity contribution in [1.82, 2.24) is 9.88 Å². The van der Waals surface area contributed by atoms with Crippen molar-refractivity contribution in [2.24, 2.45) is 11.3 Å². The number of aliphatic carboxylic acids is 1. The first-order valence-corrected chi connectivity index (χ1v) is 8.07. The minimum Gasteiger partial charge on any atom is -0.481 e. The average molecular weight is 328 g/mol. The van der Waals surface area contributed by atoms with Gasteiger partial charge in [-0.05, 0) is 42.9 Å². The van der Waals surface area contributed by atoms with Crippen molar-refractivity contribution in [3.63, 3.8) is 0 Å². The number of pyridine rings is 1. The molecular formula is C18H17FN2O3. The van der Waals surface area contributed by atoms with Crippen LogP contribution in [-0.2, 0) is 4.79 Å². The van der Waals surface area contributed by atoms with E-state index in [2.05, 4.69) is 4.98 Å². The summed E-state index contributed by atoms with van der Waals surface area (Å²) in [5.74, 6) is -1.71. The highest BCUT2D eigenvalue weighted by molar-refractivity contribution is 6.05. The summed E-state index contributed by atoms with van der Waals surface area (Å²) in [5, 5.41) is 9.74. The van der Waals surface area contributed by atoms with Gasteiger partial charge in [0.05, 0.1) is 17.0 Å². The van der Waals surface area contributed by atoms with E-state index in [0.29, 0.717) is 43.3 Å². The van der Waals surface area contributed by atoms with Crippen molar-refractivity contribution in [1.29, 1.82) is 0 Å². The number of carboxylic acid groups (broad SMARTS) is 1. The lowest BCUT2D eigenvalue weighted by Crippen LogP contribution is -2.40. The third-order valence-corrected chi connectivity index (χ3v) is 5.43. The Morgan fingerprint density at radius 3 is 2.71 bits per heavy atom. The molecular weight excluding hydrogens is 311 g/mol. The fraction of sp³-hybridized carbons (Fsp3) is 0.389. The topological polar surface area (TPSA) is 70.5 Å². The highest BCUT2D eigenvalue weighted by Gasteiger charge is 2.59. The zero-order valence-corrected chi connectivity index (χ0v) is 13.0. The smallest absolute Gasteiger partial charge is 0.307 e. The second kappa shape index (κ2) is 5.26. The molecule has 1 aliphatic carbocycles. The van der Waals surface area contributed by atoms with Crippen LogP contribution in [0, 0.1) is 17.2 Å². The number of likely N-dealkylation sites (tertiary alicyclic amines) is 1. The molecule has 0 radical (unpaired) electrons. The Morgan fingerprint density at radius 1 is 1.29 bits per heavy atom. The van der Waals surface area contributed by atoms with Gasteiger partial charge in [-0.25, -0.2) is 4.39 Å². The van der Waals surface area contributed by atoms with Gasteiger partial charge < -0.3 is 10.0 Å². The van der Waals surface area contributed by atoms with Gasteiger partial charge in [0.25, 0.3) is 5.91 Å². The van der Waals surface area contributed by atoms with Gasteiger partial charge in [0.15, 0.2) is 0 Å². The van der Waals surface area contributed by atoms with Crippen molar-refractivity contribution in [2.45, 2.75) is 19.3 Å². The van der Waals surface area contributed by atoms with Crippen LogP contribution in [0.4, 0.5) is 4.39 Å². The summed E-state index contributed by atoms with van der Waals surface area (Å²) >= 11 is 0. The van der Waals surface area contributed by atoms with Crippen molar-refractivity contribution in [2.75, 3.05) is 13.1 Å². The summed E-state index contributed by atoms with van der Waals surface area (Å²) < 4.78 is 13.8. The third-order valence-electron chi connectivity index (χ3n) is 5.43. The van der Waals surface area contributed by atoms with Crippen LogP contribution in [0.15, 0.2) is 30.5 Å². The van der Waals surface area contributed by atoms with Crippen molar-refractivity contribution >= 4 is 22.8 Å². The van der Waals surface area contributed by atoms with Crippen LogP contribution in [0.2, 0.25) is 0 Å². The predicted molar refractivity (Wildman–Crippen MR) is 85.0 cm³/mol. The molecule has 2 aromatic rings. The van der Waals surface area contributed by atoms with Gasteiger partial charge in [-0.15, -0.1) is 0 Å². The SMILES string of the molecule is O=C(O)C1CC12CCN(C(=O)c1cc(F)cc3cccnc13)CC2. The van der Waals surface area contributed by atoms with Crippen LogP contribution in [-0.4, -0.2) is 40.0 Å². The van der Waals surface area contributed by atoms with Gasteiger partial charge in [0.1, 0.15) is 5.82 Å². The predicted octanol–water partition coefficient (Wildman–Crippen LogP) is 2.70. The summed E-state index contributed by atoms with van der Waals surface area (Å²) in [7, 11) is 0. The summed E-state index contributed by atoms with van der Waals surface area (Å²) in [5.41, 5.74) is 0.636. The quantitative estimate of drug-likeness (QED) is 0.920. The number of aromatic nitrogens is 1. The highest BCUT2D eigenvalue weighted by Crippen LogP contribution is 2.59. The first-order valence-electron chi connectivity index (χ1n) is 8.07. The highest BCUT2D eigenvalue weighted by atomic mass is 19.1. The molecule has 1 saturated carbocycles. The lowest BCUT2D eigenvalue weighted by molar-refractivity contribution is -0.139. The van der Waals surface area contributed by atoms with Crippen LogP contribution >= 0.6 is 0 Å². The molecule has 1 amide bonds. The number of carboxylic acids is 1. The number of piperidine rings is 1. The number of nitrogens with zero attached hydrogens (tertiary/aromatic N) is 2. The molecule has 2 fully saturated rings. The second-order valence-corrected chi connectivity index (χ2v) is 6.78. The maximum Gasteiger partial charge on any atom is 0.307 e. The standard InChI is InChI=1S/C18H17FN2O3/c19-12-8-11-2-1-5-20-15(11)13(9-12)16(22)21-6-3-18(4-7-21)10-14(18)17(23)24/h1-2,5,8-9,14H,3-4,6-7,10H2,(H,23,24). The van der Waals surface area contributed by atoms with Gasteiger partial charge in [0.2, 0.25) is 0 Å². The second-order valence-electron chi connectivity index (χ2n) is 6.78. The van der Waals surface area contributed by atoms with Crippen molar-refractivity contribution < 1.29 is 19.1 Å². The Labute approximate surface area is 138 Å². The number of hydrogen-bond acceptors (Lipinski definition) is 3. The molecule has 1 spiro atoms. The number of benzene rings is 1. The molecule has 1 aromatic carbocycles. The minimum absolute atomic E-state index is 0.134. The van der Waals surface area contributed by atoms with Gasteiger partial charge in [-0.1, -0.05) is 6.07 Å². The van der Waals surface area contributed by atoms with Gasteiger partial charge in [-0.2, -0.15) is 0 Å². The summed E-state index contributed by atoms with van der Waals surface area (Å²) in [6.07, 6.45) is 3.67. The molecule has 1 N–H and O–H groups in total. The lowest BCUT2D eigenvalue weighted by atomic mass is 9.90. The molecule has 6 heteroatoms. The zero-order chi connectivity index (χ0) is 16.9. The zero-order valence-electron chi connectivity index (χ0n) is 13.0. The summed E-state index contributed by atoms with van der Waals surface area (Å²) in [6, 6.07) is 6.04. The van der Waals surface area contributed by atoms with E-state index in [1.54, 1.807) is 23.2 Å². The number of rotatable bonds is 2. The number of carbonyl (C=O) groups is 2. The van der Waals surface area contributed by atoms with Gasteiger partial charge in [0, 0.05) is 24.7 Å². The Bertz CT molecular complexity index is 843. The van der Waals surface area contributed by atoms with E-state index in [4.69, 9.17) is 5.11 Å². The van der Waals surface area contributed by atoms with Gasteiger partial charge >= 0.3 is 5.97 Å². The maximum atomic E-state index is 13.8. The molecule has 0 bridgehead atoms. The van der Waals surface area contributed by atoms with Gasteiger partial charge in [-0.3, -0.25) is 14.6 Å². The normalized spacial score (nSPS) is 21.9. The molecule has 2 aliphatic rings. The van der Waals surface area contributed by atoms with E-state index in [0.717, 1.165) is 0 Å². The Hall–Kier alpha value is -2.50. The monoisotopic (exact) mass is 328 g/mol. The molecule has 5 nitrogen and oxygen atoms in total. The van der Waals surface area contributed by atoms with Crippen LogP contribution < -0.4 is 0 Å². The average Bonchev–Trinajstić information content (AvgIpc) is 3.28. The Kier molecular flexibility index (Phi) is 3.30. The van der Waals surface area contributed by atoms with Crippen molar-refractivity contribution in [3.05, 3.63) is 41.8 Å². The minimum atomic E-state index is -0.741.